The first kappa shape index (κ1) is 21.6. The Morgan fingerprint density at radius 2 is 1.97 bits per heavy atom. The van der Waals surface area contributed by atoms with E-state index in [-0.39, 0.29) is 23.7 Å². The van der Waals surface area contributed by atoms with Crippen LogP contribution in [-0.4, -0.2) is 40.4 Å². The largest absolute Gasteiger partial charge is 0.458 e. The van der Waals surface area contributed by atoms with Crippen LogP contribution in [0.1, 0.15) is 45.1 Å². The van der Waals surface area contributed by atoms with Gasteiger partial charge in [0.1, 0.15) is 17.8 Å². The van der Waals surface area contributed by atoms with Gasteiger partial charge in [0.15, 0.2) is 5.76 Å². The lowest BCUT2D eigenvalue weighted by molar-refractivity contribution is -0.150. The molecular weight excluding hydrogens is 414 g/mol. The highest BCUT2D eigenvalue weighted by molar-refractivity contribution is 8.41. The molecule has 3 heterocycles. The van der Waals surface area contributed by atoms with Crippen molar-refractivity contribution in [2.45, 2.75) is 46.2 Å². The number of nitrogens with zero attached hydrogens (tertiary/aromatic N) is 3. The smallest absolute Gasteiger partial charge is 0.442 e. The van der Waals surface area contributed by atoms with Crippen molar-refractivity contribution < 1.29 is 27.2 Å². The van der Waals surface area contributed by atoms with Gasteiger partial charge in [0.05, 0.1) is 12.0 Å². The van der Waals surface area contributed by atoms with Crippen molar-refractivity contribution in [1.82, 2.24) is 10.3 Å². The number of furan rings is 1. The molecule has 0 unspecified atom stereocenters. The minimum Gasteiger partial charge on any atom is -0.458 e. The third-order valence-electron chi connectivity index (χ3n) is 4.39. The molecule has 12 heteroatoms. The van der Waals surface area contributed by atoms with E-state index in [0.29, 0.717) is 17.2 Å². The molecule has 0 aliphatic carbocycles. The number of hydrogen-bond acceptors (Lipinski definition) is 9. The van der Waals surface area contributed by atoms with Crippen LogP contribution in [0.25, 0.3) is 5.70 Å². The molecule has 1 amide bonds. The molecule has 0 atom stereocenters. The molecule has 0 radical (unpaired) electrons. The zero-order valence-electron chi connectivity index (χ0n) is 16.8. The lowest BCUT2D eigenvalue weighted by atomic mass is 10.2. The van der Waals surface area contributed by atoms with E-state index in [9.17, 15) is 14.4 Å². The minimum atomic E-state index is -2.93. The average molecular weight is 437 g/mol. The highest BCUT2D eigenvalue weighted by Gasteiger charge is 2.48. The van der Waals surface area contributed by atoms with Crippen molar-refractivity contribution >= 4 is 45.6 Å². The van der Waals surface area contributed by atoms with Gasteiger partial charge in [0, 0.05) is 13.0 Å². The van der Waals surface area contributed by atoms with Gasteiger partial charge >= 0.3 is 11.9 Å². The number of carbonyl (C=O) groups is 3. The van der Waals surface area contributed by atoms with Crippen LogP contribution in [0.2, 0.25) is 0 Å². The van der Waals surface area contributed by atoms with E-state index in [2.05, 4.69) is 15.3 Å². The number of amides is 1. The molecule has 0 saturated carbocycles. The fraction of sp³-hybridized carbons (Fsp3) is 0.389. The predicted molar refractivity (Wildman–Crippen MR) is 110 cm³/mol. The van der Waals surface area contributed by atoms with Gasteiger partial charge in [-0.15, -0.1) is 0 Å². The molecule has 162 valence electrons. The SMILES string of the molecule is CCC(CC)N(N)/C=N/C1=NC(c2ccc(CNC(C)=O)o2)=CS12OC(=O)C(=O)O2. The van der Waals surface area contributed by atoms with Gasteiger partial charge in [-0.3, -0.25) is 9.80 Å². The number of hydrazine groups is 1. The molecule has 11 nitrogen and oxygen atoms in total. The second kappa shape index (κ2) is 8.71. The fourth-order valence-corrected chi connectivity index (χ4v) is 4.64. The third-order valence-corrected chi connectivity index (χ3v) is 6.43. The first-order chi connectivity index (χ1) is 14.3. The Balaban J connectivity index is 1.88. The number of amidine groups is 1. The van der Waals surface area contributed by atoms with E-state index in [1.54, 1.807) is 12.1 Å². The summed E-state index contributed by atoms with van der Waals surface area (Å²) >= 11 is 0. The zero-order chi connectivity index (χ0) is 21.9. The summed E-state index contributed by atoms with van der Waals surface area (Å²) in [6.07, 6.45) is 2.98. The Bertz CT molecular complexity index is 933. The van der Waals surface area contributed by atoms with E-state index in [4.69, 9.17) is 18.6 Å². The first-order valence-corrected chi connectivity index (χ1v) is 10.8. The molecule has 30 heavy (non-hydrogen) atoms. The summed E-state index contributed by atoms with van der Waals surface area (Å²) in [4.78, 5) is 43.1. The Kier molecular flexibility index (Phi) is 6.27. The second-order valence-electron chi connectivity index (χ2n) is 6.52. The summed E-state index contributed by atoms with van der Waals surface area (Å²) in [6, 6.07) is 3.38. The molecule has 1 aromatic heterocycles. The lowest BCUT2D eigenvalue weighted by Crippen LogP contribution is -2.39. The Hall–Kier alpha value is -3.12. The summed E-state index contributed by atoms with van der Waals surface area (Å²) in [5, 5.41) is 5.49. The van der Waals surface area contributed by atoms with Crippen LogP contribution in [0.4, 0.5) is 0 Å². The molecule has 2 aliphatic heterocycles. The molecule has 1 spiro atoms. The maximum Gasteiger partial charge on any atom is 0.442 e. The number of nitrogens with two attached hydrogens (primary N) is 1. The molecule has 2 aliphatic rings. The molecule has 1 fully saturated rings. The van der Waals surface area contributed by atoms with E-state index in [1.165, 1.54) is 23.7 Å². The number of nitrogens with one attached hydrogen (secondary N) is 1. The van der Waals surface area contributed by atoms with Crippen LogP contribution in [0.3, 0.4) is 0 Å². The number of aliphatic imine (C=N–C) groups is 2. The van der Waals surface area contributed by atoms with E-state index in [0.717, 1.165) is 12.8 Å². The third kappa shape index (κ3) is 4.39. The van der Waals surface area contributed by atoms with E-state index < -0.39 is 22.5 Å². The van der Waals surface area contributed by atoms with Crippen molar-refractivity contribution in [3.8, 4) is 0 Å². The monoisotopic (exact) mass is 437 g/mol. The van der Waals surface area contributed by atoms with Crippen molar-refractivity contribution in [3.63, 3.8) is 0 Å². The second-order valence-corrected chi connectivity index (χ2v) is 8.55. The summed E-state index contributed by atoms with van der Waals surface area (Å²) in [5.41, 5.74) is 0.292. The molecule has 0 bridgehead atoms. The van der Waals surface area contributed by atoms with Crippen molar-refractivity contribution in [2.24, 2.45) is 15.8 Å². The Morgan fingerprint density at radius 3 is 2.57 bits per heavy atom. The van der Waals surface area contributed by atoms with Crippen LogP contribution >= 0.6 is 10.6 Å². The van der Waals surface area contributed by atoms with Gasteiger partial charge in [0.25, 0.3) is 5.17 Å². The number of rotatable bonds is 7. The molecule has 3 rings (SSSR count). The summed E-state index contributed by atoms with van der Waals surface area (Å²) in [5.74, 6) is 4.45. The van der Waals surface area contributed by atoms with Gasteiger partial charge in [-0.25, -0.2) is 25.4 Å². The highest BCUT2D eigenvalue weighted by atomic mass is 32.3. The van der Waals surface area contributed by atoms with Crippen LogP contribution in [0.15, 0.2) is 31.9 Å². The summed E-state index contributed by atoms with van der Waals surface area (Å²) < 4.78 is 16.1. The molecular formula is C18H23N5O6S. The van der Waals surface area contributed by atoms with E-state index >= 15 is 0 Å². The average Bonchev–Trinajstić information content (AvgIpc) is 3.37. The van der Waals surface area contributed by atoms with Crippen LogP contribution < -0.4 is 11.2 Å². The maximum absolute atomic E-state index is 11.7. The molecule has 1 aromatic rings. The first-order valence-electron chi connectivity index (χ1n) is 9.29. The fourth-order valence-electron chi connectivity index (χ4n) is 2.78. The quantitative estimate of drug-likeness (QED) is 0.215. The lowest BCUT2D eigenvalue weighted by Gasteiger charge is -2.27. The van der Waals surface area contributed by atoms with Crippen molar-refractivity contribution in [2.75, 3.05) is 0 Å². The minimum absolute atomic E-state index is 0.0120. The summed E-state index contributed by atoms with van der Waals surface area (Å²) in [7, 11) is -2.93. The maximum atomic E-state index is 11.7. The van der Waals surface area contributed by atoms with Crippen molar-refractivity contribution in [3.05, 3.63) is 29.1 Å². The molecule has 0 aromatic carbocycles. The topological polar surface area (TPSA) is 149 Å². The van der Waals surface area contributed by atoms with Crippen LogP contribution in [0, 0.1) is 0 Å². The molecule has 3 N–H and O–H groups in total. The highest BCUT2D eigenvalue weighted by Crippen LogP contribution is 2.62. The van der Waals surface area contributed by atoms with Gasteiger partial charge < -0.3 is 18.1 Å². The van der Waals surface area contributed by atoms with Gasteiger partial charge in [-0.05, 0) is 35.6 Å². The van der Waals surface area contributed by atoms with Crippen LogP contribution in [-0.2, 0) is 29.3 Å². The Morgan fingerprint density at radius 1 is 1.30 bits per heavy atom. The van der Waals surface area contributed by atoms with Crippen LogP contribution in [0.5, 0.6) is 0 Å². The molecule has 1 saturated heterocycles. The van der Waals surface area contributed by atoms with Gasteiger partial charge in [0.2, 0.25) is 5.91 Å². The van der Waals surface area contributed by atoms with Crippen molar-refractivity contribution in [1.29, 1.82) is 0 Å². The normalized spacial score (nSPS) is 18.4. The van der Waals surface area contributed by atoms with Gasteiger partial charge in [-0.2, -0.15) is 0 Å². The number of hydrogen-bond donors (Lipinski definition) is 2. The Labute approximate surface area is 174 Å². The van der Waals surface area contributed by atoms with Gasteiger partial charge in [-0.1, -0.05) is 13.8 Å². The predicted octanol–water partition coefficient (Wildman–Crippen LogP) is 1.71. The zero-order valence-corrected chi connectivity index (χ0v) is 17.6. The standard InChI is InChI=1S/C18H23N5O6S/c1-4-12(5-2)23(19)10-21-18-22-14(9-30(18)28-16(25)17(26)29-30)15-7-6-13(27-15)8-20-11(3)24/h6-7,9-10,12H,4-5,8,19H2,1-3H3,(H,20,24)/b21-10+. The number of carbonyl (C=O) groups excluding carboxylic acids is 3. The summed E-state index contributed by atoms with van der Waals surface area (Å²) in [6.45, 7) is 5.60. The van der Waals surface area contributed by atoms with E-state index in [1.807, 2.05) is 13.8 Å².